The molecule has 12 nitrogen and oxygen atoms in total. The number of allylic oxidation sites excluding steroid dienone is 2. The van der Waals surface area contributed by atoms with Gasteiger partial charge in [-0.05, 0) is 44.4 Å². The molecule has 5 rings (SSSR count). The summed E-state index contributed by atoms with van der Waals surface area (Å²) in [4.78, 5) is 52.0. The van der Waals surface area contributed by atoms with Crippen LogP contribution in [0.1, 0.15) is 79.4 Å². The third-order valence-electron chi connectivity index (χ3n) is 10.6. The topological polar surface area (TPSA) is 168 Å². The Morgan fingerprint density at radius 1 is 1.09 bits per heavy atom. The molecule has 2 N–H and O–H groups in total. The van der Waals surface area contributed by atoms with Gasteiger partial charge in [0.25, 0.3) is 0 Å². The molecule has 1 aromatic heterocycles. The van der Waals surface area contributed by atoms with E-state index >= 15 is 0 Å². The van der Waals surface area contributed by atoms with Gasteiger partial charge in [-0.1, -0.05) is 26.8 Å². The lowest BCUT2D eigenvalue weighted by Crippen LogP contribution is -2.76. The van der Waals surface area contributed by atoms with Crippen molar-refractivity contribution in [2.75, 3.05) is 7.11 Å². The van der Waals surface area contributed by atoms with Crippen LogP contribution in [0.5, 0.6) is 0 Å². The first kappa shape index (κ1) is 33.5. The number of cyclic esters (lactones) is 1. The fourth-order valence-corrected chi connectivity index (χ4v) is 7.94. The van der Waals surface area contributed by atoms with Crippen LogP contribution in [0.4, 0.5) is 0 Å². The molecule has 2 aliphatic carbocycles. The quantitative estimate of drug-likeness (QED) is 0.261. The second-order valence-electron chi connectivity index (χ2n) is 13.6. The number of esters is 4. The number of fused-ring (bicyclic) bond motifs is 4. The van der Waals surface area contributed by atoms with Crippen molar-refractivity contribution < 1.29 is 57.5 Å². The van der Waals surface area contributed by atoms with Gasteiger partial charge in [0.15, 0.2) is 11.7 Å². The zero-order valence-electron chi connectivity index (χ0n) is 27.4. The van der Waals surface area contributed by atoms with Crippen LogP contribution in [-0.2, 0) is 42.9 Å². The van der Waals surface area contributed by atoms with Crippen LogP contribution in [-0.4, -0.2) is 64.8 Å². The Bertz CT molecular complexity index is 1530. The van der Waals surface area contributed by atoms with Crippen molar-refractivity contribution in [1.82, 2.24) is 0 Å². The van der Waals surface area contributed by atoms with Gasteiger partial charge in [0.2, 0.25) is 5.79 Å². The van der Waals surface area contributed by atoms with E-state index in [0.29, 0.717) is 16.7 Å². The molecule has 0 radical (unpaired) electrons. The third-order valence-corrected chi connectivity index (χ3v) is 10.6. The van der Waals surface area contributed by atoms with Gasteiger partial charge < -0.3 is 38.3 Å². The minimum absolute atomic E-state index is 0.0448. The molecule has 4 aliphatic rings. The molecule has 0 amide bonds. The first-order valence-corrected chi connectivity index (χ1v) is 15.3. The molecule has 250 valence electrons. The lowest BCUT2D eigenvalue weighted by molar-refractivity contribution is -0.356. The minimum atomic E-state index is -2.52. The molecular weight excluding hydrogens is 600 g/mol. The summed E-state index contributed by atoms with van der Waals surface area (Å²) < 4.78 is 34.6. The van der Waals surface area contributed by atoms with Crippen molar-refractivity contribution in [3.63, 3.8) is 0 Å². The zero-order chi connectivity index (χ0) is 34.0. The molecule has 8 unspecified atom stereocenters. The summed E-state index contributed by atoms with van der Waals surface area (Å²) in [7, 11) is 1.27. The maximum atomic E-state index is 13.4. The molecule has 12 heteroatoms. The fraction of sp³-hybridized carbons (Fsp3) is 0.588. The summed E-state index contributed by atoms with van der Waals surface area (Å²) >= 11 is 0. The number of ether oxygens (including phenoxy) is 5. The van der Waals surface area contributed by atoms with Crippen molar-refractivity contribution in [2.45, 2.75) is 97.4 Å². The summed E-state index contributed by atoms with van der Waals surface area (Å²) in [6, 6.07) is 1.65. The average molecular weight is 643 g/mol. The Hall–Kier alpha value is -3.90. The number of furan rings is 1. The van der Waals surface area contributed by atoms with E-state index in [0.717, 1.165) is 13.0 Å². The van der Waals surface area contributed by atoms with E-state index in [-0.39, 0.29) is 30.6 Å². The number of aliphatic hydroxyl groups is 2. The number of carbonyl (C=O) groups excluding carboxylic acids is 4. The zero-order valence-corrected chi connectivity index (χ0v) is 27.4. The highest BCUT2D eigenvalue weighted by atomic mass is 16.7. The van der Waals surface area contributed by atoms with Crippen LogP contribution in [0.2, 0.25) is 0 Å². The number of methoxy groups -OCH3 is 1. The standard InChI is InChI=1S/C34H42O12/c1-9-17(2)30(38)45-28-25-26(18(3)21(31(28,5)6)14-23(36)41-8)46-33(39)12-11-32(7)22(34(33,40)29(25)43-19(4)35)15-24(37)44-27(32)20-10-13-42-16-20/h9-10,13,15-16,21,25,27-29,39-40H,11-12,14H2,1-8H3. The highest BCUT2D eigenvalue weighted by Crippen LogP contribution is 2.66. The third kappa shape index (κ3) is 4.88. The molecule has 3 heterocycles. The Morgan fingerprint density at radius 3 is 2.37 bits per heavy atom. The number of hydrogen-bond donors (Lipinski definition) is 2. The lowest BCUT2D eigenvalue weighted by atomic mass is 9.51. The molecule has 0 bridgehead atoms. The van der Waals surface area contributed by atoms with Crippen LogP contribution < -0.4 is 0 Å². The first-order chi connectivity index (χ1) is 21.5. The maximum Gasteiger partial charge on any atom is 0.333 e. The van der Waals surface area contributed by atoms with Gasteiger partial charge in [0.1, 0.15) is 18.0 Å². The van der Waals surface area contributed by atoms with Crippen LogP contribution >= 0.6 is 0 Å². The molecule has 1 saturated carbocycles. The Labute approximate surface area is 267 Å². The van der Waals surface area contributed by atoms with E-state index < -0.39 is 76.2 Å². The van der Waals surface area contributed by atoms with E-state index in [1.165, 1.54) is 19.6 Å². The molecule has 2 aliphatic heterocycles. The van der Waals surface area contributed by atoms with Gasteiger partial charge in [-0.2, -0.15) is 0 Å². The summed E-state index contributed by atoms with van der Waals surface area (Å²) in [6.45, 7) is 11.5. The van der Waals surface area contributed by atoms with Gasteiger partial charge in [-0.25, -0.2) is 9.59 Å². The predicted octanol–water partition coefficient (Wildman–Crippen LogP) is 3.97. The number of hydrogen-bond acceptors (Lipinski definition) is 12. The van der Waals surface area contributed by atoms with Crippen LogP contribution in [0, 0.1) is 22.7 Å². The molecule has 0 spiro atoms. The Balaban J connectivity index is 1.77. The van der Waals surface area contributed by atoms with Gasteiger partial charge in [-0.15, -0.1) is 0 Å². The van der Waals surface area contributed by atoms with Crippen molar-refractivity contribution in [3.8, 4) is 0 Å². The largest absolute Gasteiger partial charge is 0.472 e. The fourth-order valence-electron chi connectivity index (χ4n) is 7.94. The van der Waals surface area contributed by atoms with Gasteiger partial charge in [-0.3, -0.25) is 9.59 Å². The first-order valence-electron chi connectivity index (χ1n) is 15.3. The van der Waals surface area contributed by atoms with Gasteiger partial charge in [0.05, 0.1) is 32.0 Å². The summed E-state index contributed by atoms with van der Waals surface area (Å²) in [5.41, 5.74) is -3.25. The normalized spacial score (nSPS) is 36.6. The van der Waals surface area contributed by atoms with Gasteiger partial charge in [0, 0.05) is 47.3 Å². The van der Waals surface area contributed by atoms with E-state index in [2.05, 4.69) is 0 Å². The van der Waals surface area contributed by atoms with Gasteiger partial charge >= 0.3 is 23.9 Å². The molecule has 1 saturated heterocycles. The van der Waals surface area contributed by atoms with Crippen molar-refractivity contribution in [1.29, 1.82) is 0 Å². The van der Waals surface area contributed by atoms with E-state index in [1.807, 2.05) is 0 Å². The second kappa shape index (κ2) is 11.4. The predicted molar refractivity (Wildman–Crippen MR) is 159 cm³/mol. The SMILES string of the molecule is CC=C(C)C(=O)OC1C2C(=C(C)C(CC(=O)OC)C1(C)C)OC1(O)CCC3(C)C(=CC(=O)OC3c3ccoc3)C1(O)C2OC(C)=O. The molecule has 8 atom stereocenters. The number of carbonyl (C=O) groups is 4. The summed E-state index contributed by atoms with van der Waals surface area (Å²) in [5.74, 6) is -6.82. The molecular formula is C34H42O12. The minimum Gasteiger partial charge on any atom is -0.472 e. The highest BCUT2D eigenvalue weighted by molar-refractivity contribution is 5.88. The van der Waals surface area contributed by atoms with Crippen LogP contribution in [0.3, 0.4) is 0 Å². The highest BCUT2D eigenvalue weighted by Gasteiger charge is 2.75. The lowest BCUT2D eigenvalue weighted by Gasteiger charge is -2.64. The molecule has 46 heavy (non-hydrogen) atoms. The smallest absolute Gasteiger partial charge is 0.333 e. The molecule has 0 aromatic carbocycles. The van der Waals surface area contributed by atoms with E-state index in [4.69, 9.17) is 28.1 Å². The Morgan fingerprint density at radius 2 is 1.78 bits per heavy atom. The maximum absolute atomic E-state index is 13.4. The van der Waals surface area contributed by atoms with Crippen LogP contribution in [0.25, 0.3) is 0 Å². The van der Waals surface area contributed by atoms with Crippen molar-refractivity contribution >= 4 is 23.9 Å². The summed E-state index contributed by atoms with van der Waals surface area (Å²) in [5, 5.41) is 25.4. The Kier molecular flexibility index (Phi) is 8.30. The van der Waals surface area contributed by atoms with E-state index in [1.54, 1.807) is 53.7 Å². The second-order valence-corrected chi connectivity index (χ2v) is 13.6. The van der Waals surface area contributed by atoms with Crippen molar-refractivity contribution in [2.24, 2.45) is 22.7 Å². The molecule has 1 aromatic rings. The monoisotopic (exact) mass is 642 g/mol. The van der Waals surface area contributed by atoms with Crippen LogP contribution in [0.15, 0.2) is 57.6 Å². The average Bonchev–Trinajstić information content (AvgIpc) is 3.53. The van der Waals surface area contributed by atoms with Crippen molar-refractivity contribution in [3.05, 3.63) is 58.8 Å². The number of rotatable bonds is 6. The molecule has 2 fully saturated rings. The summed E-state index contributed by atoms with van der Waals surface area (Å²) in [6.07, 6.45) is 1.79. The van der Waals surface area contributed by atoms with E-state index in [9.17, 15) is 29.4 Å².